The zero-order chi connectivity index (χ0) is 16.1. The summed E-state index contributed by atoms with van der Waals surface area (Å²) in [5.74, 6) is 0. The van der Waals surface area contributed by atoms with E-state index < -0.39 is 17.5 Å². The van der Waals surface area contributed by atoms with Crippen molar-refractivity contribution in [2.24, 2.45) is 7.05 Å². The topological polar surface area (TPSA) is 39.1 Å². The summed E-state index contributed by atoms with van der Waals surface area (Å²) in [6.07, 6.45) is -2.27. The molecule has 1 aromatic heterocycles. The quantitative estimate of drug-likeness (QED) is 0.933. The highest BCUT2D eigenvalue weighted by molar-refractivity contribution is 5.20. The predicted octanol–water partition coefficient (Wildman–Crippen LogP) is 2.87. The maximum absolute atomic E-state index is 12.9. The third-order valence-electron chi connectivity index (χ3n) is 3.79. The van der Waals surface area contributed by atoms with Gasteiger partial charge in [-0.15, -0.1) is 0 Å². The van der Waals surface area contributed by atoms with E-state index in [1.54, 1.807) is 0 Å². The van der Waals surface area contributed by atoms with Crippen LogP contribution in [0.25, 0.3) is 0 Å². The number of aromatic nitrogens is 2. The Kier molecular flexibility index (Phi) is 3.87. The molecule has 0 bridgehead atoms. The van der Waals surface area contributed by atoms with Gasteiger partial charge in [0.05, 0.1) is 11.2 Å². The van der Waals surface area contributed by atoms with Crippen molar-refractivity contribution in [2.45, 2.75) is 64.1 Å². The fourth-order valence-electron chi connectivity index (χ4n) is 3.02. The molecule has 1 aromatic rings. The number of aryl methyl sites for hydroxylation is 1. The molecule has 2 rings (SSSR count). The summed E-state index contributed by atoms with van der Waals surface area (Å²) in [5, 5.41) is 6.70. The van der Waals surface area contributed by atoms with Crippen LogP contribution in [-0.4, -0.2) is 27.0 Å². The second-order valence-corrected chi connectivity index (χ2v) is 6.78. The minimum atomic E-state index is -4.43. The molecule has 1 N–H and O–H groups in total. The number of alkyl halides is 3. The number of halogens is 3. The number of ether oxygens (including phenoxy) is 1. The molecule has 0 radical (unpaired) electrons. The minimum Gasteiger partial charge on any atom is -0.368 e. The summed E-state index contributed by atoms with van der Waals surface area (Å²) in [6, 6.07) is -0.00575. The maximum Gasteiger partial charge on any atom is 0.435 e. The lowest BCUT2D eigenvalue weighted by Gasteiger charge is -2.27. The van der Waals surface area contributed by atoms with E-state index in [1.807, 2.05) is 27.7 Å². The molecular formula is C14H22F3N3O. The van der Waals surface area contributed by atoms with E-state index in [-0.39, 0.29) is 23.8 Å². The van der Waals surface area contributed by atoms with Crippen LogP contribution in [0.4, 0.5) is 13.2 Å². The van der Waals surface area contributed by atoms with Gasteiger partial charge in [-0.05, 0) is 34.1 Å². The molecule has 0 aromatic carbocycles. The van der Waals surface area contributed by atoms with Crippen LogP contribution in [0.3, 0.4) is 0 Å². The summed E-state index contributed by atoms with van der Waals surface area (Å²) in [7, 11) is 1.49. The van der Waals surface area contributed by atoms with E-state index in [9.17, 15) is 13.2 Å². The van der Waals surface area contributed by atoms with Gasteiger partial charge in [-0.25, -0.2) is 0 Å². The molecule has 21 heavy (non-hydrogen) atoms. The van der Waals surface area contributed by atoms with Crippen LogP contribution in [0, 0.1) is 0 Å². The first-order chi connectivity index (χ1) is 9.41. The van der Waals surface area contributed by atoms with Gasteiger partial charge in [0, 0.05) is 31.4 Å². The fourth-order valence-corrected chi connectivity index (χ4v) is 3.02. The molecule has 2 heterocycles. The normalized spacial score (nSPS) is 24.5. The summed E-state index contributed by atoms with van der Waals surface area (Å²) in [5.41, 5.74) is -1.36. The van der Waals surface area contributed by atoms with Crippen LogP contribution in [0.2, 0.25) is 0 Å². The largest absolute Gasteiger partial charge is 0.435 e. The zero-order valence-electron chi connectivity index (χ0n) is 13.0. The molecule has 1 fully saturated rings. The van der Waals surface area contributed by atoms with Crippen molar-refractivity contribution in [1.82, 2.24) is 15.1 Å². The van der Waals surface area contributed by atoms with Crippen molar-refractivity contribution in [3.8, 4) is 0 Å². The van der Waals surface area contributed by atoms with Gasteiger partial charge in [0.15, 0.2) is 5.69 Å². The predicted molar refractivity (Wildman–Crippen MR) is 72.7 cm³/mol. The highest BCUT2D eigenvalue weighted by Gasteiger charge is 2.46. The van der Waals surface area contributed by atoms with Crippen molar-refractivity contribution in [1.29, 1.82) is 0 Å². The van der Waals surface area contributed by atoms with Crippen molar-refractivity contribution in [2.75, 3.05) is 0 Å². The Labute approximate surface area is 122 Å². The van der Waals surface area contributed by atoms with Gasteiger partial charge in [-0.1, -0.05) is 0 Å². The van der Waals surface area contributed by atoms with Gasteiger partial charge in [0.2, 0.25) is 0 Å². The molecule has 1 aliphatic heterocycles. The lowest BCUT2D eigenvalue weighted by Crippen LogP contribution is -2.43. The van der Waals surface area contributed by atoms with Crippen molar-refractivity contribution in [3.63, 3.8) is 0 Å². The molecule has 4 nitrogen and oxygen atoms in total. The van der Waals surface area contributed by atoms with Gasteiger partial charge in [0.1, 0.15) is 0 Å². The minimum absolute atomic E-state index is 0.00575. The van der Waals surface area contributed by atoms with Gasteiger partial charge in [-0.2, -0.15) is 18.3 Å². The monoisotopic (exact) mass is 305 g/mol. The van der Waals surface area contributed by atoms with E-state index in [4.69, 9.17) is 4.74 Å². The number of nitrogens with zero attached hydrogens (tertiary/aromatic N) is 2. The molecule has 7 heteroatoms. The van der Waals surface area contributed by atoms with Gasteiger partial charge in [0.25, 0.3) is 0 Å². The first-order valence-corrected chi connectivity index (χ1v) is 6.94. The summed E-state index contributed by atoms with van der Waals surface area (Å²) < 4.78 is 45.9. The molecule has 1 aliphatic rings. The molecule has 0 saturated carbocycles. The van der Waals surface area contributed by atoms with Gasteiger partial charge in [-0.3, -0.25) is 4.68 Å². The van der Waals surface area contributed by atoms with Gasteiger partial charge >= 0.3 is 6.18 Å². The third kappa shape index (κ3) is 3.58. The highest BCUT2D eigenvalue weighted by atomic mass is 19.4. The Morgan fingerprint density at radius 3 is 2.48 bits per heavy atom. The maximum atomic E-state index is 12.9. The Morgan fingerprint density at radius 1 is 1.38 bits per heavy atom. The SMILES string of the molecule is Cn1cc(CN[C@@H]2CC(C)(C)OC2(C)C)c(C(F)(F)F)n1. The Bertz CT molecular complexity index is 520. The fraction of sp³-hybridized carbons (Fsp3) is 0.786. The average Bonchev–Trinajstić information content (AvgIpc) is 2.72. The van der Waals surface area contributed by atoms with Crippen molar-refractivity contribution in [3.05, 3.63) is 17.5 Å². The number of rotatable bonds is 3. The molecule has 0 amide bonds. The summed E-state index contributed by atoms with van der Waals surface area (Å²) in [6.45, 7) is 8.00. The zero-order valence-corrected chi connectivity index (χ0v) is 13.0. The average molecular weight is 305 g/mol. The molecule has 1 atom stereocenters. The number of nitrogens with one attached hydrogen (secondary N) is 1. The second kappa shape index (κ2) is 4.98. The van der Waals surface area contributed by atoms with Crippen LogP contribution < -0.4 is 5.32 Å². The van der Waals surface area contributed by atoms with Crippen molar-refractivity contribution < 1.29 is 17.9 Å². The molecule has 0 spiro atoms. The molecular weight excluding hydrogens is 283 g/mol. The van der Waals surface area contributed by atoms with E-state index in [1.165, 1.54) is 17.9 Å². The number of hydrogen-bond acceptors (Lipinski definition) is 3. The summed E-state index contributed by atoms with van der Waals surface area (Å²) >= 11 is 0. The first-order valence-electron chi connectivity index (χ1n) is 6.94. The molecule has 0 unspecified atom stereocenters. The molecule has 1 saturated heterocycles. The smallest absolute Gasteiger partial charge is 0.368 e. The highest BCUT2D eigenvalue weighted by Crippen LogP contribution is 2.37. The second-order valence-electron chi connectivity index (χ2n) is 6.78. The van der Waals surface area contributed by atoms with E-state index >= 15 is 0 Å². The summed E-state index contributed by atoms with van der Waals surface area (Å²) in [4.78, 5) is 0. The Morgan fingerprint density at radius 2 is 2.00 bits per heavy atom. The lowest BCUT2D eigenvalue weighted by molar-refractivity contribution is -0.142. The van der Waals surface area contributed by atoms with Crippen LogP contribution in [0.5, 0.6) is 0 Å². The Hall–Kier alpha value is -1.08. The van der Waals surface area contributed by atoms with Crippen LogP contribution in [0.15, 0.2) is 6.20 Å². The first kappa shape index (κ1) is 16.3. The molecule has 0 aliphatic carbocycles. The Balaban J connectivity index is 2.11. The third-order valence-corrected chi connectivity index (χ3v) is 3.79. The van der Waals surface area contributed by atoms with Crippen LogP contribution >= 0.6 is 0 Å². The standard InChI is InChI=1S/C14H22F3N3O/c1-12(2)6-10(13(3,4)21-12)18-7-9-8-20(5)19-11(9)14(15,16)17/h8,10,18H,6-7H2,1-5H3/t10-/m1/s1. The van der Waals surface area contributed by atoms with E-state index in [2.05, 4.69) is 10.4 Å². The molecule has 120 valence electrons. The van der Waals surface area contributed by atoms with Crippen molar-refractivity contribution >= 4 is 0 Å². The van der Waals surface area contributed by atoms with E-state index in [0.29, 0.717) is 0 Å². The van der Waals surface area contributed by atoms with E-state index in [0.717, 1.165) is 6.42 Å². The lowest BCUT2D eigenvalue weighted by atomic mass is 9.94. The van der Waals surface area contributed by atoms with Crippen LogP contribution in [0.1, 0.15) is 45.4 Å². The number of hydrogen-bond donors (Lipinski definition) is 1. The van der Waals surface area contributed by atoms with Crippen LogP contribution in [-0.2, 0) is 24.5 Å². The van der Waals surface area contributed by atoms with Gasteiger partial charge < -0.3 is 10.1 Å².